The molecule has 0 aliphatic heterocycles. The third-order valence-electron chi connectivity index (χ3n) is 4.76. The summed E-state index contributed by atoms with van der Waals surface area (Å²) in [6.45, 7) is 2.88. The zero-order valence-corrected chi connectivity index (χ0v) is 14.5. The first-order chi connectivity index (χ1) is 10.3. The fourth-order valence-corrected chi connectivity index (χ4v) is 3.78. The molecule has 0 saturated heterocycles. The standard InChI is InChI=1S/C17H27NO3S/c1-13-4-8-15(9-5-13)18(2)12-17(19)14-6-10-16(11-7-14)22(3,20)21/h6-7,10-11,13,15,17,19H,4-5,8-9,12H2,1-3H3. The highest BCUT2D eigenvalue weighted by atomic mass is 32.2. The van der Waals surface area contributed by atoms with Gasteiger partial charge in [-0.15, -0.1) is 0 Å². The molecule has 0 amide bonds. The van der Waals surface area contributed by atoms with Crippen LogP contribution in [0.15, 0.2) is 29.2 Å². The topological polar surface area (TPSA) is 57.6 Å². The highest BCUT2D eigenvalue weighted by Crippen LogP contribution is 2.27. The largest absolute Gasteiger partial charge is 0.387 e. The van der Waals surface area contributed by atoms with Crippen LogP contribution < -0.4 is 0 Å². The van der Waals surface area contributed by atoms with Crippen molar-refractivity contribution >= 4 is 9.84 Å². The quantitative estimate of drug-likeness (QED) is 0.904. The van der Waals surface area contributed by atoms with Gasteiger partial charge >= 0.3 is 0 Å². The van der Waals surface area contributed by atoms with E-state index in [9.17, 15) is 13.5 Å². The van der Waals surface area contributed by atoms with Crippen LogP contribution in [-0.2, 0) is 9.84 Å². The Morgan fingerprint density at radius 2 is 1.73 bits per heavy atom. The number of hydrogen-bond donors (Lipinski definition) is 1. The van der Waals surface area contributed by atoms with Crippen molar-refractivity contribution in [1.82, 2.24) is 4.90 Å². The van der Waals surface area contributed by atoms with Crippen LogP contribution in [0.25, 0.3) is 0 Å². The molecule has 1 aliphatic carbocycles. The Balaban J connectivity index is 1.95. The van der Waals surface area contributed by atoms with Gasteiger partial charge in [-0.05, 0) is 56.3 Å². The molecule has 0 heterocycles. The molecule has 124 valence electrons. The van der Waals surface area contributed by atoms with E-state index in [1.807, 2.05) is 0 Å². The lowest BCUT2D eigenvalue weighted by Crippen LogP contribution is -2.37. The summed E-state index contributed by atoms with van der Waals surface area (Å²) in [6.07, 6.45) is 5.51. The summed E-state index contributed by atoms with van der Waals surface area (Å²) in [7, 11) is -1.12. The zero-order chi connectivity index (χ0) is 16.3. The van der Waals surface area contributed by atoms with Crippen molar-refractivity contribution in [1.29, 1.82) is 0 Å². The Morgan fingerprint density at radius 3 is 2.23 bits per heavy atom. The zero-order valence-electron chi connectivity index (χ0n) is 13.7. The Bertz CT molecular complexity index is 574. The molecule has 1 unspecified atom stereocenters. The van der Waals surface area contributed by atoms with Crippen LogP contribution in [0.5, 0.6) is 0 Å². The molecule has 22 heavy (non-hydrogen) atoms. The van der Waals surface area contributed by atoms with E-state index in [1.54, 1.807) is 24.3 Å². The Hall–Kier alpha value is -0.910. The molecule has 2 rings (SSSR count). The SMILES string of the molecule is CC1CCC(N(C)CC(O)c2ccc(S(C)(=O)=O)cc2)CC1. The van der Waals surface area contributed by atoms with Crippen molar-refractivity contribution in [2.75, 3.05) is 19.8 Å². The number of aliphatic hydroxyl groups excluding tert-OH is 1. The van der Waals surface area contributed by atoms with Gasteiger partial charge in [0.25, 0.3) is 0 Å². The number of benzene rings is 1. The maximum Gasteiger partial charge on any atom is 0.175 e. The maximum absolute atomic E-state index is 11.5. The normalized spacial score (nSPS) is 24.4. The van der Waals surface area contributed by atoms with Crippen LogP contribution in [0.2, 0.25) is 0 Å². The van der Waals surface area contributed by atoms with E-state index in [0.29, 0.717) is 12.6 Å². The molecule has 1 saturated carbocycles. The summed E-state index contributed by atoms with van der Waals surface area (Å²) in [4.78, 5) is 2.53. The lowest BCUT2D eigenvalue weighted by Gasteiger charge is -2.34. The van der Waals surface area contributed by atoms with Crippen LogP contribution in [0.1, 0.15) is 44.3 Å². The molecule has 0 radical (unpaired) electrons. The van der Waals surface area contributed by atoms with Gasteiger partial charge in [0.15, 0.2) is 9.84 Å². The molecule has 0 spiro atoms. The first-order valence-corrected chi connectivity index (χ1v) is 9.85. The fourth-order valence-electron chi connectivity index (χ4n) is 3.15. The van der Waals surface area contributed by atoms with Crippen molar-refractivity contribution in [2.45, 2.75) is 49.6 Å². The highest BCUT2D eigenvalue weighted by Gasteiger charge is 2.23. The number of nitrogens with zero attached hydrogens (tertiary/aromatic N) is 1. The van der Waals surface area contributed by atoms with Gasteiger partial charge in [0.1, 0.15) is 0 Å². The number of hydrogen-bond acceptors (Lipinski definition) is 4. The van der Waals surface area contributed by atoms with Gasteiger partial charge < -0.3 is 10.0 Å². The van der Waals surface area contributed by atoms with Crippen LogP contribution in [-0.4, -0.2) is 44.3 Å². The lowest BCUT2D eigenvalue weighted by molar-refractivity contribution is 0.0857. The number of aliphatic hydroxyl groups is 1. The van der Waals surface area contributed by atoms with Crippen molar-refractivity contribution in [3.63, 3.8) is 0 Å². The molecule has 1 atom stereocenters. The van der Waals surface area contributed by atoms with E-state index >= 15 is 0 Å². The minimum Gasteiger partial charge on any atom is -0.387 e. The average Bonchev–Trinajstić information content (AvgIpc) is 2.47. The smallest absolute Gasteiger partial charge is 0.175 e. The first-order valence-electron chi connectivity index (χ1n) is 7.95. The Labute approximate surface area is 134 Å². The van der Waals surface area contributed by atoms with Crippen molar-refractivity contribution in [3.8, 4) is 0 Å². The van der Waals surface area contributed by atoms with Crippen molar-refractivity contribution < 1.29 is 13.5 Å². The third kappa shape index (κ3) is 4.54. The van der Waals surface area contributed by atoms with E-state index in [4.69, 9.17) is 0 Å². The van der Waals surface area contributed by atoms with Crippen LogP contribution in [0.3, 0.4) is 0 Å². The molecular weight excluding hydrogens is 298 g/mol. The Morgan fingerprint density at radius 1 is 1.18 bits per heavy atom. The summed E-state index contributed by atoms with van der Waals surface area (Å²) in [5.41, 5.74) is 0.767. The maximum atomic E-state index is 11.5. The van der Waals surface area contributed by atoms with Gasteiger partial charge in [-0.2, -0.15) is 0 Å². The van der Waals surface area contributed by atoms with Gasteiger partial charge in [0.05, 0.1) is 11.0 Å². The fraction of sp³-hybridized carbons (Fsp3) is 0.647. The van der Waals surface area contributed by atoms with Gasteiger partial charge in [-0.1, -0.05) is 19.1 Å². The monoisotopic (exact) mass is 325 g/mol. The summed E-state index contributed by atoms with van der Waals surface area (Å²) >= 11 is 0. The lowest BCUT2D eigenvalue weighted by atomic mass is 9.86. The van der Waals surface area contributed by atoms with Gasteiger partial charge in [0, 0.05) is 18.8 Å². The van der Waals surface area contributed by atoms with Crippen molar-refractivity contribution in [3.05, 3.63) is 29.8 Å². The molecule has 1 aromatic rings. The second-order valence-corrected chi connectivity index (χ2v) is 8.73. The minimum atomic E-state index is -3.18. The van der Waals surface area contributed by atoms with Gasteiger partial charge in [-0.25, -0.2) is 8.42 Å². The van der Waals surface area contributed by atoms with Crippen molar-refractivity contribution in [2.24, 2.45) is 5.92 Å². The van der Waals surface area contributed by atoms with E-state index in [2.05, 4.69) is 18.9 Å². The summed E-state index contributed by atoms with van der Waals surface area (Å²) in [6, 6.07) is 7.09. The van der Waals surface area contributed by atoms with Gasteiger partial charge in [-0.3, -0.25) is 0 Å². The van der Waals surface area contributed by atoms with E-state index in [1.165, 1.54) is 31.9 Å². The molecule has 1 aromatic carbocycles. The second kappa shape index (κ2) is 7.11. The molecule has 1 N–H and O–H groups in total. The molecule has 1 aliphatic rings. The summed E-state index contributed by atoms with van der Waals surface area (Å²) < 4.78 is 22.9. The van der Waals surface area contributed by atoms with Crippen LogP contribution in [0.4, 0.5) is 0 Å². The Kier molecular flexibility index (Phi) is 5.64. The van der Waals surface area contributed by atoms with Gasteiger partial charge in [0.2, 0.25) is 0 Å². The average molecular weight is 325 g/mol. The summed E-state index contributed by atoms with van der Waals surface area (Å²) in [5.74, 6) is 0.818. The molecule has 4 nitrogen and oxygen atoms in total. The minimum absolute atomic E-state index is 0.290. The van der Waals surface area contributed by atoms with E-state index in [-0.39, 0.29) is 4.90 Å². The number of rotatable bonds is 5. The first kappa shape index (κ1) is 17.4. The van der Waals surface area contributed by atoms with E-state index in [0.717, 1.165) is 11.5 Å². The summed E-state index contributed by atoms with van der Waals surface area (Å²) in [5, 5.41) is 10.4. The van der Waals surface area contributed by atoms with Crippen LogP contribution in [0, 0.1) is 5.92 Å². The molecule has 1 fully saturated rings. The molecule has 5 heteroatoms. The third-order valence-corrected chi connectivity index (χ3v) is 5.89. The highest BCUT2D eigenvalue weighted by molar-refractivity contribution is 7.90. The number of likely N-dealkylation sites (N-methyl/N-ethyl adjacent to an activating group) is 1. The molecular formula is C17H27NO3S. The predicted octanol–water partition coefficient (Wildman–Crippen LogP) is 2.63. The predicted molar refractivity (Wildman–Crippen MR) is 88.6 cm³/mol. The second-order valence-electron chi connectivity index (χ2n) is 6.71. The van der Waals surface area contributed by atoms with Crippen LogP contribution >= 0.6 is 0 Å². The molecule has 0 bridgehead atoms. The molecule has 0 aromatic heterocycles. The number of sulfone groups is 1. The van der Waals surface area contributed by atoms with E-state index < -0.39 is 15.9 Å².